The van der Waals surface area contributed by atoms with Crippen LogP contribution in [0.3, 0.4) is 0 Å². The Kier molecular flexibility index (Phi) is 3.27. The van der Waals surface area contributed by atoms with Gasteiger partial charge in [-0.15, -0.1) is 10.2 Å². The molecule has 1 aromatic heterocycles. The van der Waals surface area contributed by atoms with E-state index in [2.05, 4.69) is 15.5 Å². The largest absolute Gasteiger partial charge is 0.465 e. The van der Waals surface area contributed by atoms with Gasteiger partial charge < -0.3 is 10.4 Å². The number of aromatic nitrogens is 2. The summed E-state index contributed by atoms with van der Waals surface area (Å²) in [5, 5.41) is 17.7. The number of carboxylic acid groups (broad SMARTS) is 1. The highest BCUT2D eigenvalue weighted by Gasteiger charge is 2.04. The first-order valence-electron chi connectivity index (χ1n) is 3.24. The van der Waals surface area contributed by atoms with Gasteiger partial charge in [-0.25, -0.2) is 4.79 Å². The van der Waals surface area contributed by atoms with Crippen LogP contribution in [0.4, 0.5) is 4.79 Å². The van der Waals surface area contributed by atoms with Crippen LogP contribution in [0.1, 0.15) is 5.56 Å². The van der Waals surface area contributed by atoms with E-state index in [1.165, 1.54) is 6.07 Å². The molecule has 7 heteroatoms. The van der Waals surface area contributed by atoms with Crippen molar-refractivity contribution in [3.05, 3.63) is 21.9 Å². The van der Waals surface area contributed by atoms with Gasteiger partial charge in [0, 0.05) is 12.1 Å². The Balaban J connectivity index is 2.75. The zero-order valence-corrected chi connectivity index (χ0v) is 7.80. The van der Waals surface area contributed by atoms with Crippen LogP contribution in [0.15, 0.2) is 6.07 Å². The maximum atomic E-state index is 10.1. The molecular weight excluding hydrogens is 217 g/mol. The lowest BCUT2D eigenvalue weighted by Crippen LogP contribution is -2.20. The first kappa shape index (κ1) is 10.0. The van der Waals surface area contributed by atoms with Crippen LogP contribution in [-0.2, 0) is 6.54 Å². The summed E-state index contributed by atoms with van der Waals surface area (Å²) < 4.78 is 0. The molecule has 1 aromatic rings. The lowest BCUT2D eigenvalue weighted by molar-refractivity contribution is 0.194. The standard InChI is InChI=1S/C6H5Cl2N3O2/c7-4-1-3(2-9-6(12)13)5(8)11-10-4/h1,9H,2H2,(H,12,13). The molecule has 0 fully saturated rings. The van der Waals surface area contributed by atoms with Crippen molar-refractivity contribution < 1.29 is 9.90 Å². The topological polar surface area (TPSA) is 75.1 Å². The minimum Gasteiger partial charge on any atom is -0.465 e. The number of rotatable bonds is 2. The molecule has 2 N–H and O–H groups in total. The Morgan fingerprint density at radius 3 is 2.85 bits per heavy atom. The highest BCUT2D eigenvalue weighted by atomic mass is 35.5. The Labute approximate surface area is 83.7 Å². The normalized spacial score (nSPS) is 9.69. The van der Waals surface area contributed by atoms with E-state index in [-0.39, 0.29) is 16.9 Å². The maximum absolute atomic E-state index is 10.1. The number of carbonyl (C=O) groups is 1. The summed E-state index contributed by atoms with van der Waals surface area (Å²) in [6.45, 7) is 0.0589. The zero-order chi connectivity index (χ0) is 9.84. The molecule has 70 valence electrons. The molecule has 5 nitrogen and oxygen atoms in total. The second-order valence-electron chi connectivity index (χ2n) is 2.14. The number of hydrogen-bond acceptors (Lipinski definition) is 3. The third-order valence-corrected chi connectivity index (χ3v) is 1.72. The molecule has 0 saturated carbocycles. The number of hydrogen-bond donors (Lipinski definition) is 2. The molecule has 0 aromatic carbocycles. The number of halogens is 2. The van der Waals surface area contributed by atoms with E-state index in [0.29, 0.717) is 5.56 Å². The summed E-state index contributed by atoms with van der Waals surface area (Å²) in [7, 11) is 0. The van der Waals surface area contributed by atoms with Crippen LogP contribution in [0.25, 0.3) is 0 Å². The third-order valence-electron chi connectivity index (χ3n) is 1.22. The van der Waals surface area contributed by atoms with Crippen molar-refractivity contribution >= 4 is 29.3 Å². The van der Waals surface area contributed by atoms with Gasteiger partial charge in [0.2, 0.25) is 0 Å². The van der Waals surface area contributed by atoms with Crippen LogP contribution in [0.5, 0.6) is 0 Å². The lowest BCUT2D eigenvalue weighted by Gasteiger charge is -2.02. The van der Waals surface area contributed by atoms with Gasteiger partial charge >= 0.3 is 6.09 Å². The van der Waals surface area contributed by atoms with Gasteiger partial charge in [-0.3, -0.25) is 0 Å². The second kappa shape index (κ2) is 4.25. The monoisotopic (exact) mass is 221 g/mol. The molecule has 0 atom stereocenters. The molecule has 13 heavy (non-hydrogen) atoms. The van der Waals surface area contributed by atoms with Gasteiger partial charge in [0.15, 0.2) is 10.3 Å². The van der Waals surface area contributed by atoms with Crippen LogP contribution >= 0.6 is 23.2 Å². The van der Waals surface area contributed by atoms with Crippen molar-refractivity contribution in [2.75, 3.05) is 0 Å². The Hall–Kier alpha value is -1.07. The van der Waals surface area contributed by atoms with Crippen molar-refractivity contribution in [2.45, 2.75) is 6.54 Å². The quantitative estimate of drug-likeness (QED) is 0.795. The smallest absolute Gasteiger partial charge is 0.404 e. The summed E-state index contributed by atoms with van der Waals surface area (Å²) in [5.41, 5.74) is 0.490. The first-order valence-corrected chi connectivity index (χ1v) is 3.99. The minimum absolute atomic E-state index is 0.0589. The number of amides is 1. The summed E-state index contributed by atoms with van der Waals surface area (Å²) in [6, 6.07) is 1.45. The van der Waals surface area contributed by atoms with Crippen LogP contribution in [-0.4, -0.2) is 21.4 Å². The SMILES string of the molecule is O=C(O)NCc1cc(Cl)nnc1Cl. The Morgan fingerprint density at radius 2 is 2.23 bits per heavy atom. The molecule has 1 rings (SSSR count). The van der Waals surface area contributed by atoms with Crippen molar-refractivity contribution in [3.8, 4) is 0 Å². The molecule has 1 amide bonds. The summed E-state index contributed by atoms with van der Waals surface area (Å²) in [4.78, 5) is 10.1. The fourth-order valence-corrected chi connectivity index (χ4v) is 1.01. The van der Waals surface area contributed by atoms with E-state index < -0.39 is 6.09 Å². The molecule has 0 bridgehead atoms. The second-order valence-corrected chi connectivity index (χ2v) is 2.89. The van der Waals surface area contributed by atoms with Crippen LogP contribution < -0.4 is 5.32 Å². The highest BCUT2D eigenvalue weighted by Crippen LogP contribution is 2.14. The first-order chi connectivity index (χ1) is 6.09. The minimum atomic E-state index is -1.14. The van der Waals surface area contributed by atoms with E-state index in [1.54, 1.807) is 0 Å². The van der Waals surface area contributed by atoms with Crippen molar-refractivity contribution in [1.82, 2.24) is 15.5 Å². The van der Waals surface area contributed by atoms with E-state index in [1.807, 2.05) is 0 Å². The molecule has 0 spiro atoms. The van der Waals surface area contributed by atoms with E-state index in [4.69, 9.17) is 28.3 Å². The predicted octanol–water partition coefficient (Wildman–Crippen LogP) is 1.55. The van der Waals surface area contributed by atoms with Crippen molar-refractivity contribution in [1.29, 1.82) is 0 Å². The maximum Gasteiger partial charge on any atom is 0.404 e. The third kappa shape index (κ3) is 3.04. The number of nitrogens with zero attached hydrogens (tertiary/aromatic N) is 2. The lowest BCUT2D eigenvalue weighted by atomic mass is 10.3. The Morgan fingerprint density at radius 1 is 1.54 bits per heavy atom. The van der Waals surface area contributed by atoms with Gasteiger partial charge in [0.1, 0.15) is 0 Å². The van der Waals surface area contributed by atoms with Crippen molar-refractivity contribution in [2.24, 2.45) is 0 Å². The molecule has 0 aliphatic carbocycles. The summed E-state index contributed by atoms with van der Waals surface area (Å²) in [6.07, 6.45) is -1.14. The average molecular weight is 222 g/mol. The molecular formula is C6H5Cl2N3O2. The van der Waals surface area contributed by atoms with E-state index in [9.17, 15) is 4.79 Å². The molecule has 1 heterocycles. The van der Waals surface area contributed by atoms with Gasteiger partial charge in [0.05, 0.1) is 0 Å². The van der Waals surface area contributed by atoms with Crippen LogP contribution in [0, 0.1) is 0 Å². The summed E-state index contributed by atoms with van der Waals surface area (Å²) >= 11 is 11.1. The van der Waals surface area contributed by atoms with Gasteiger partial charge in [-0.2, -0.15) is 0 Å². The van der Waals surface area contributed by atoms with Gasteiger partial charge in [-0.05, 0) is 6.07 Å². The average Bonchev–Trinajstić information content (AvgIpc) is 2.06. The molecule has 0 aliphatic rings. The van der Waals surface area contributed by atoms with E-state index >= 15 is 0 Å². The highest BCUT2D eigenvalue weighted by molar-refractivity contribution is 6.31. The molecule has 0 radical (unpaired) electrons. The zero-order valence-electron chi connectivity index (χ0n) is 6.29. The molecule has 0 unspecified atom stereocenters. The number of nitrogens with one attached hydrogen (secondary N) is 1. The van der Waals surface area contributed by atoms with Crippen molar-refractivity contribution in [3.63, 3.8) is 0 Å². The predicted molar refractivity (Wildman–Crippen MR) is 46.9 cm³/mol. The molecule has 0 saturated heterocycles. The fourth-order valence-electron chi connectivity index (χ4n) is 0.683. The fraction of sp³-hybridized carbons (Fsp3) is 0.167. The van der Waals surface area contributed by atoms with Crippen LogP contribution in [0.2, 0.25) is 10.3 Å². The van der Waals surface area contributed by atoms with Gasteiger partial charge in [-0.1, -0.05) is 23.2 Å². The summed E-state index contributed by atoms with van der Waals surface area (Å²) in [5.74, 6) is 0. The Bertz CT molecular complexity index is 332. The van der Waals surface area contributed by atoms with E-state index in [0.717, 1.165) is 0 Å². The van der Waals surface area contributed by atoms with Gasteiger partial charge in [0.25, 0.3) is 0 Å². The molecule has 0 aliphatic heterocycles.